The van der Waals surface area contributed by atoms with Crippen LogP contribution in [0.2, 0.25) is 0 Å². The van der Waals surface area contributed by atoms with Gasteiger partial charge in [-0.15, -0.1) is 16.5 Å². The van der Waals surface area contributed by atoms with E-state index >= 15 is 0 Å². The Morgan fingerprint density at radius 3 is 2.48 bits per heavy atom. The number of azo groups is 1. The molecule has 1 spiro atoms. The predicted molar refractivity (Wildman–Crippen MR) is 117 cm³/mol. The normalized spacial score (nSPS) is 25.1. The minimum Gasteiger partial charge on any atom is -0.342 e. The molecule has 4 aliphatic rings. The molecule has 3 aliphatic heterocycles. The van der Waals surface area contributed by atoms with E-state index in [1.54, 1.807) is 11.2 Å². The SMILES string of the molecule is Cc1nc(C)c(S(=O)(=O)N2CCC3(CC2)C2=C(N=NC2)NC2=C3C(=O)CC(C)(C)C2)s1. The van der Waals surface area contributed by atoms with Gasteiger partial charge in [0.1, 0.15) is 0 Å². The molecule has 0 amide bonds. The molecule has 10 heteroatoms. The largest absolute Gasteiger partial charge is 0.342 e. The van der Waals surface area contributed by atoms with Crippen molar-refractivity contribution in [1.82, 2.24) is 14.6 Å². The van der Waals surface area contributed by atoms with E-state index in [1.807, 2.05) is 6.92 Å². The maximum Gasteiger partial charge on any atom is 0.254 e. The molecule has 4 heterocycles. The predicted octanol–water partition coefficient (Wildman–Crippen LogP) is 3.45. The summed E-state index contributed by atoms with van der Waals surface area (Å²) in [6, 6.07) is 0. The van der Waals surface area contributed by atoms with E-state index in [0.717, 1.165) is 34.1 Å². The Morgan fingerprint density at radius 2 is 1.84 bits per heavy atom. The summed E-state index contributed by atoms with van der Waals surface area (Å²) in [4.78, 5) is 17.6. The average Bonchev–Trinajstić information content (AvgIpc) is 3.27. The second-order valence-electron chi connectivity index (χ2n) is 9.74. The minimum atomic E-state index is -3.60. The average molecular weight is 462 g/mol. The monoisotopic (exact) mass is 461 g/mol. The van der Waals surface area contributed by atoms with E-state index in [9.17, 15) is 13.2 Å². The topological polar surface area (TPSA) is 104 Å². The summed E-state index contributed by atoms with van der Waals surface area (Å²) in [5, 5.41) is 12.7. The summed E-state index contributed by atoms with van der Waals surface area (Å²) in [7, 11) is -3.60. The third kappa shape index (κ3) is 3.14. The van der Waals surface area contributed by atoms with Crippen molar-refractivity contribution < 1.29 is 13.2 Å². The van der Waals surface area contributed by atoms with Crippen LogP contribution >= 0.6 is 11.3 Å². The number of dihydropyridines is 1. The number of carbonyl (C=O) groups excluding carboxylic acids is 1. The van der Waals surface area contributed by atoms with Crippen molar-refractivity contribution in [2.24, 2.45) is 21.1 Å². The van der Waals surface area contributed by atoms with E-state index in [2.05, 4.69) is 34.4 Å². The van der Waals surface area contributed by atoms with Gasteiger partial charge in [0.2, 0.25) is 0 Å². The highest BCUT2D eigenvalue weighted by atomic mass is 32.2. The first kappa shape index (κ1) is 21.0. The molecule has 31 heavy (non-hydrogen) atoms. The third-order valence-corrected chi connectivity index (χ3v) is 10.5. The highest BCUT2D eigenvalue weighted by molar-refractivity contribution is 7.91. The first-order valence-corrected chi connectivity index (χ1v) is 12.9. The summed E-state index contributed by atoms with van der Waals surface area (Å²) in [6.07, 6.45) is 2.43. The van der Waals surface area contributed by atoms with Crippen LogP contribution in [-0.4, -0.2) is 43.1 Å². The zero-order chi connectivity index (χ0) is 22.2. The lowest BCUT2D eigenvalue weighted by atomic mass is 9.60. The van der Waals surface area contributed by atoms with Crippen LogP contribution in [0.3, 0.4) is 0 Å². The number of nitrogens with zero attached hydrogens (tertiary/aromatic N) is 4. The summed E-state index contributed by atoms with van der Waals surface area (Å²) < 4.78 is 28.5. The number of thiazole rings is 1. The number of rotatable bonds is 2. The van der Waals surface area contributed by atoms with Gasteiger partial charge in [-0.25, -0.2) is 13.4 Å². The number of aromatic nitrogens is 1. The van der Waals surface area contributed by atoms with E-state index in [4.69, 9.17) is 0 Å². The van der Waals surface area contributed by atoms with Crippen LogP contribution in [0.1, 0.15) is 50.2 Å². The Labute approximate surface area is 186 Å². The third-order valence-electron chi connectivity index (χ3n) is 6.90. The number of sulfonamides is 1. The van der Waals surface area contributed by atoms with Crippen LogP contribution in [0.15, 0.2) is 37.1 Å². The molecule has 8 nitrogen and oxygen atoms in total. The van der Waals surface area contributed by atoms with Crippen molar-refractivity contribution in [3.63, 3.8) is 0 Å². The second kappa shape index (κ2) is 6.79. The Hall–Kier alpha value is -1.91. The molecular weight excluding hydrogens is 434 g/mol. The zero-order valence-corrected chi connectivity index (χ0v) is 19.9. The van der Waals surface area contributed by atoms with Crippen LogP contribution < -0.4 is 5.32 Å². The maximum atomic E-state index is 13.3. The quantitative estimate of drug-likeness (QED) is 0.726. The molecule has 0 bridgehead atoms. The number of fused-ring (bicyclic) bond motifs is 2. The number of Topliss-reactive ketones (excluding diaryl/α,β-unsaturated/α-hetero) is 1. The molecule has 1 fully saturated rings. The molecule has 0 saturated carbocycles. The molecule has 0 unspecified atom stereocenters. The molecule has 1 aliphatic carbocycles. The lowest BCUT2D eigenvalue weighted by Gasteiger charge is -2.48. The molecule has 5 rings (SSSR count). The van der Waals surface area contributed by atoms with Crippen LogP contribution in [0.5, 0.6) is 0 Å². The van der Waals surface area contributed by atoms with Gasteiger partial charge >= 0.3 is 0 Å². The number of hydrogen-bond donors (Lipinski definition) is 1. The van der Waals surface area contributed by atoms with E-state index < -0.39 is 15.4 Å². The number of allylic oxidation sites excluding steroid dienone is 2. The zero-order valence-electron chi connectivity index (χ0n) is 18.3. The molecule has 0 radical (unpaired) electrons. The van der Waals surface area contributed by atoms with Crippen molar-refractivity contribution in [3.05, 3.63) is 33.4 Å². The van der Waals surface area contributed by atoms with Crippen molar-refractivity contribution in [1.29, 1.82) is 0 Å². The van der Waals surface area contributed by atoms with Gasteiger partial charge in [0.05, 0.1) is 17.2 Å². The summed E-state index contributed by atoms with van der Waals surface area (Å²) in [5.74, 6) is 0.928. The fraction of sp³-hybridized carbons (Fsp3) is 0.619. The van der Waals surface area contributed by atoms with Crippen molar-refractivity contribution in [2.75, 3.05) is 19.6 Å². The first-order valence-electron chi connectivity index (χ1n) is 10.6. The number of ketones is 1. The van der Waals surface area contributed by atoms with E-state index in [-0.39, 0.29) is 11.2 Å². The molecular formula is C21H27N5O3S2. The van der Waals surface area contributed by atoms with Crippen molar-refractivity contribution in [3.8, 4) is 0 Å². The maximum absolute atomic E-state index is 13.3. The number of hydrogen-bond acceptors (Lipinski definition) is 8. The van der Waals surface area contributed by atoms with Gasteiger partial charge in [-0.1, -0.05) is 13.8 Å². The van der Waals surface area contributed by atoms with Crippen LogP contribution in [-0.2, 0) is 14.8 Å². The van der Waals surface area contributed by atoms with Crippen LogP contribution in [0.25, 0.3) is 0 Å². The van der Waals surface area contributed by atoms with E-state index in [1.165, 1.54) is 11.3 Å². The summed E-state index contributed by atoms with van der Waals surface area (Å²) in [5.41, 5.74) is 2.81. The lowest BCUT2D eigenvalue weighted by Crippen LogP contribution is -2.50. The van der Waals surface area contributed by atoms with Crippen molar-refractivity contribution >= 4 is 27.1 Å². The lowest BCUT2D eigenvalue weighted by molar-refractivity contribution is -0.119. The Bertz CT molecular complexity index is 1180. The van der Waals surface area contributed by atoms with E-state index in [0.29, 0.717) is 48.8 Å². The Kier molecular flexibility index (Phi) is 4.59. The molecule has 0 aromatic carbocycles. The molecule has 1 saturated heterocycles. The summed E-state index contributed by atoms with van der Waals surface area (Å²) >= 11 is 1.22. The molecule has 1 aromatic rings. The second-order valence-corrected chi connectivity index (χ2v) is 13.1. The number of nitrogens with one attached hydrogen (secondary N) is 1. The highest BCUT2D eigenvalue weighted by Gasteiger charge is 2.53. The van der Waals surface area contributed by atoms with Crippen LogP contribution in [0, 0.1) is 24.7 Å². The summed E-state index contributed by atoms with van der Waals surface area (Å²) in [6.45, 7) is 8.98. The Morgan fingerprint density at radius 1 is 1.13 bits per heavy atom. The Balaban J connectivity index is 1.50. The molecule has 0 atom stereocenters. The molecule has 1 N–H and O–H groups in total. The van der Waals surface area contributed by atoms with Gasteiger partial charge in [-0.3, -0.25) is 4.79 Å². The fourth-order valence-electron chi connectivity index (χ4n) is 5.60. The molecule has 1 aromatic heterocycles. The van der Waals surface area contributed by atoms with Gasteiger partial charge in [-0.2, -0.15) is 9.42 Å². The highest BCUT2D eigenvalue weighted by Crippen LogP contribution is 2.55. The minimum absolute atomic E-state index is 0.108. The molecule has 166 valence electrons. The van der Waals surface area contributed by atoms with Gasteiger partial charge in [0.15, 0.2) is 15.8 Å². The van der Waals surface area contributed by atoms with Gasteiger partial charge in [0.25, 0.3) is 10.0 Å². The smallest absolute Gasteiger partial charge is 0.254 e. The number of carbonyl (C=O) groups is 1. The van der Waals surface area contributed by atoms with Gasteiger partial charge in [0, 0.05) is 41.8 Å². The fourth-order valence-corrected chi connectivity index (χ4v) is 8.66. The van der Waals surface area contributed by atoms with Crippen LogP contribution in [0.4, 0.5) is 0 Å². The van der Waals surface area contributed by atoms with Gasteiger partial charge < -0.3 is 5.32 Å². The standard InChI is InChI=1S/C21H27N5O3S2/c1-12-19(30-13(2)23-12)31(28,29)26-7-5-21(6-8-26)14-11-22-25-18(14)24-15-9-20(3,4)10-16(27)17(15)21/h24H,5-11H2,1-4H3. The number of aryl methyl sites for hydroxylation is 2. The first-order chi connectivity index (χ1) is 14.5. The van der Waals surface area contributed by atoms with Crippen molar-refractivity contribution in [2.45, 2.75) is 57.6 Å². The van der Waals surface area contributed by atoms with Gasteiger partial charge in [-0.05, 0) is 38.5 Å². The number of piperidine rings is 1.